The quantitative estimate of drug-likeness (QED) is 0.795. The number of benzene rings is 2. The SMILES string of the molecule is C1=CC2CC1CC2CNC(c1ccccc1)c1ccccc1. The van der Waals surface area contributed by atoms with Crippen LogP contribution >= 0.6 is 0 Å². The van der Waals surface area contributed by atoms with Gasteiger partial charge in [0, 0.05) is 0 Å². The molecule has 4 rings (SSSR count). The van der Waals surface area contributed by atoms with E-state index in [-0.39, 0.29) is 0 Å². The van der Waals surface area contributed by atoms with Crippen LogP contribution in [0.4, 0.5) is 0 Å². The molecule has 2 aromatic rings. The van der Waals surface area contributed by atoms with E-state index in [0.717, 1.165) is 24.3 Å². The monoisotopic (exact) mass is 289 g/mol. The molecule has 0 aliphatic heterocycles. The van der Waals surface area contributed by atoms with Crippen LogP contribution in [0.5, 0.6) is 0 Å². The lowest BCUT2D eigenvalue weighted by atomic mass is 9.92. The second-order valence-electron chi connectivity index (χ2n) is 6.70. The van der Waals surface area contributed by atoms with E-state index in [0.29, 0.717) is 6.04 Å². The van der Waals surface area contributed by atoms with Gasteiger partial charge in [0.1, 0.15) is 0 Å². The first kappa shape index (κ1) is 13.8. The van der Waals surface area contributed by atoms with Crippen molar-refractivity contribution in [3.8, 4) is 0 Å². The smallest absolute Gasteiger partial charge is 0.0576 e. The van der Waals surface area contributed by atoms with E-state index in [4.69, 9.17) is 0 Å². The molecule has 1 N–H and O–H groups in total. The lowest BCUT2D eigenvalue weighted by Gasteiger charge is -2.25. The van der Waals surface area contributed by atoms with Crippen molar-refractivity contribution in [3.05, 3.63) is 83.9 Å². The molecule has 2 bridgehead atoms. The fourth-order valence-corrected chi connectivity index (χ4v) is 4.12. The van der Waals surface area contributed by atoms with Crippen LogP contribution in [0.15, 0.2) is 72.8 Å². The Morgan fingerprint density at radius 3 is 1.95 bits per heavy atom. The van der Waals surface area contributed by atoms with Crippen molar-refractivity contribution in [1.82, 2.24) is 5.32 Å². The summed E-state index contributed by atoms with van der Waals surface area (Å²) in [7, 11) is 0. The van der Waals surface area contributed by atoms with Crippen LogP contribution in [0.1, 0.15) is 30.0 Å². The Balaban J connectivity index is 1.52. The molecule has 0 spiro atoms. The number of hydrogen-bond acceptors (Lipinski definition) is 1. The number of nitrogens with one attached hydrogen (secondary N) is 1. The predicted octanol–water partition coefficient (Wildman–Crippen LogP) is 4.58. The highest BCUT2D eigenvalue weighted by atomic mass is 14.9. The van der Waals surface area contributed by atoms with Gasteiger partial charge in [0.25, 0.3) is 0 Å². The van der Waals surface area contributed by atoms with E-state index in [1.165, 1.54) is 24.0 Å². The molecule has 0 amide bonds. The third-order valence-electron chi connectivity index (χ3n) is 5.27. The molecule has 0 heterocycles. The number of fused-ring (bicyclic) bond motifs is 2. The van der Waals surface area contributed by atoms with Crippen LogP contribution < -0.4 is 5.32 Å². The topological polar surface area (TPSA) is 12.0 Å². The Hall–Kier alpha value is -1.86. The molecule has 1 saturated carbocycles. The highest BCUT2D eigenvalue weighted by molar-refractivity contribution is 5.31. The molecule has 2 aliphatic rings. The number of allylic oxidation sites excluding steroid dienone is 2. The van der Waals surface area contributed by atoms with Crippen molar-refractivity contribution in [2.75, 3.05) is 6.54 Å². The first-order valence-corrected chi connectivity index (χ1v) is 8.42. The molecule has 3 unspecified atom stereocenters. The van der Waals surface area contributed by atoms with Gasteiger partial charge in [0.05, 0.1) is 6.04 Å². The first-order valence-electron chi connectivity index (χ1n) is 8.42. The van der Waals surface area contributed by atoms with Crippen molar-refractivity contribution >= 4 is 0 Å². The third kappa shape index (κ3) is 2.74. The molecule has 2 aromatic carbocycles. The van der Waals surface area contributed by atoms with Crippen LogP contribution in [-0.2, 0) is 0 Å². The normalized spacial score (nSPS) is 26.0. The van der Waals surface area contributed by atoms with Crippen molar-refractivity contribution in [2.45, 2.75) is 18.9 Å². The zero-order chi connectivity index (χ0) is 14.8. The maximum Gasteiger partial charge on any atom is 0.0576 e. The van der Waals surface area contributed by atoms with E-state index in [1.54, 1.807) is 0 Å². The summed E-state index contributed by atoms with van der Waals surface area (Å²) in [6.45, 7) is 1.11. The van der Waals surface area contributed by atoms with Gasteiger partial charge in [0.15, 0.2) is 0 Å². The standard InChI is InChI=1S/C21H23N/c1-3-7-17(8-4-1)21(18-9-5-2-6-10-18)22-15-20-14-16-11-12-19(20)13-16/h1-12,16,19-22H,13-15H2. The van der Waals surface area contributed by atoms with Crippen LogP contribution in [-0.4, -0.2) is 6.54 Å². The lowest BCUT2D eigenvalue weighted by molar-refractivity contribution is 0.400. The Morgan fingerprint density at radius 1 is 0.818 bits per heavy atom. The Bertz CT molecular complexity index is 592. The third-order valence-corrected chi connectivity index (χ3v) is 5.27. The molecule has 1 heteroatoms. The average Bonchev–Trinajstić information content (AvgIpc) is 3.20. The summed E-state index contributed by atoms with van der Waals surface area (Å²) in [5, 5.41) is 3.85. The molecule has 22 heavy (non-hydrogen) atoms. The van der Waals surface area contributed by atoms with Gasteiger partial charge >= 0.3 is 0 Å². The average molecular weight is 289 g/mol. The fraction of sp³-hybridized carbons (Fsp3) is 0.333. The van der Waals surface area contributed by atoms with Crippen LogP contribution in [0, 0.1) is 17.8 Å². The number of hydrogen-bond donors (Lipinski definition) is 1. The molecule has 0 saturated heterocycles. The van der Waals surface area contributed by atoms with E-state index in [2.05, 4.69) is 78.1 Å². The van der Waals surface area contributed by atoms with Gasteiger partial charge in [-0.2, -0.15) is 0 Å². The summed E-state index contributed by atoms with van der Waals surface area (Å²) in [5.74, 6) is 2.47. The second kappa shape index (κ2) is 6.10. The van der Waals surface area contributed by atoms with Crippen molar-refractivity contribution < 1.29 is 0 Å². The Morgan fingerprint density at radius 2 is 1.45 bits per heavy atom. The van der Waals surface area contributed by atoms with Gasteiger partial charge in [-0.1, -0.05) is 72.8 Å². The van der Waals surface area contributed by atoms with E-state index in [1.807, 2.05) is 0 Å². The fourth-order valence-electron chi connectivity index (χ4n) is 4.12. The van der Waals surface area contributed by atoms with Crippen molar-refractivity contribution in [1.29, 1.82) is 0 Å². The van der Waals surface area contributed by atoms with Gasteiger partial charge in [-0.05, 0) is 48.3 Å². The zero-order valence-corrected chi connectivity index (χ0v) is 12.9. The molecular weight excluding hydrogens is 266 g/mol. The minimum atomic E-state index is 0.297. The van der Waals surface area contributed by atoms with Gasteiger partial charge in [-0.25, -0.2) is 0 Å². The van der Waals surface area contributed by atoms with Gasteiger partial charge in [-0.15, -0.1) is 0 Å². The molecule has 0 aromatic heterocycles. The van der Waals surface area contributed by atoms with E-state index < -0.39 is 0 Å². The van der Waals surface area contributed by atoms with Gasteiger partial charge < -0.3 is 5.32 Å². The molecule has 1 nitrogen and oxygen atoms in total. The van der Waals surface area contributed by atoms with E-state index >= 15 is 0 Å². The molecule has 1 fully saturated rings. The zero-order valence-electron chi connectivity index (χ0n) is 12.9. The summed E-state index contributed by atoms with van der Waals surface area (Å²) < 4.78 is 0. The Kier molecular flexibility index (Phi) is 3.82. The van der Waals surface area contributed by atoms with Crippen molar-refractivity contribution in [2.24, 2.45) is 17.8 Å². The molecule has 2 aliphatic carbocycles. The number of rotatable bonds is 5. The molecule has 112 valence electrons. The first-order chi connectivity index (χ1) is 10.9. The minimum Gasteiger partial charge on any atom is -0.306 e. The summed E-state index contributed by atoms with van der Waals surface area (Å²) in [5.41, 5.74) is 2.71. The maximum absolute atomic E-state index is 3.85. The summed E-state index contributed by atoms with van der Waals surface area (Å²) in [6, 6.07) is 21.9. The van der Waals surface area contributed by atoms with Crippen LogP contribution in [0.25, 0.3) is 0 Å². The van der Waals surface area contributed by atoms with Crippen LogP contribution in [0.3, 0.4) is 0 Å². The second-order valence-corrected chi connectivity index (χ2v) is 6.70. The molecule has 3 atom stereocenters. The van der Waals surface area contributed by atoms with E-state index in [9.17, 15) is 0 Å². The van der Waals surface area contributed by atoms with Crippen LogP contribution in [0.2, 0.25) is 0 Å². The summed E-state index contributed by atoms with van der Waals surface area (Å²) >= 11 is 0. The van der Waals surface area contributed by atoms with Crippen molar-refractivity contribution in [3.63, 3.8) is 0 Å². The lowest BCUT2D eigenvalue weighted by Crippen LogP contribution is -2.30. The predicted molar refractivity (Wildman–Crippen MR) is 91.6 cm³/mol. The highest BCUT2D eigenvalue weighted by Gasteiger charge is 2.35. The van der Waals surface area contributed by atoms with Gasteiger partial charge in [0.2, 0.25) is 0 Å². The largest absolute Gasteiger partial charge is 0.306 e. The summed E-state index contributed by atoms with van der Waals surface area (Å²) in [4.78, 5) is 0. The highest BCUT2D eigenvalue weighted by Crippen LogP contribution is 2.43. The van der Waals surface area contributed by atoms with Gasteiger partial charge in [-0.3, -0.25) is 0 Å². The minimum absolute atomic E-state index is 0.297. The molecule has 0 radical (unpaired) electrons. The molecular formula is C21H23N. The Labute approximate surface area is 133 Å². The summed E-state index contributed by atoms with van der Waals surface area (Å²) in [6.07, 6.45) is 7.62. The maximum atomic E-state index is 3.85.